The van der Waals surface area contributed by atoms with Crippen LogP contribution in [0.3, 0.4) is 0 Å². The van der Waals surface area contributed by atoms with Gasteiger partial charge in [0.15, 0.2) is 5.01 Å². The third-order valence-corrected chi connectivity index (χ3v) is 5.56. The molecule has 0 bridgehead atoms. The fourth-order valence-corrected chi connectivity index (χ4v) is 4.06. The van der Waals surface area contributed by atoms with Gasteiger partial charge in [-0.25, -0.2) is 4.98 Å². The monoisotopic (exact) mass is 387 g/mol. The lowest BCUT2D eigenvalue weighted by Crippen LogP contribution is -2.30. The Bertz CT molecular complexity index is 844. The number of halogens is 3. The third-order valence-electron chi connectivity index (χ3n) is 4.46. The zero-order valence-electron chi connectivity index (χ0n) is 13.6. The standard InChI is InChI=1S/C16H16F3N3O3S/c17-16(18,19)10-6-11-13(12(7-10)22(24)25)26-15(21-11)14(23)20-8-9-4-2-1-3-5-9/h6-7,9H,1-5,8H2,(H,20,23). The van der Waals surface area contributed by atoms with E-state index in [-0.39, 0.29) is 15.2 Å². The van der Waals surface area contributed by atoms with Gasteiger partial charge in [0.2, 0.25) is 0 Å². The van der Waals surface area contributed by atoms with E-state index < -0.39 is 28.3 Å². The number of nitrogens with one attached hydrogen (secondary N) is 1. The minimum Gasteiger partial charge on any atom is -0.350 e. The van der Waals surface area contributed by atoms with Crippen LogP contribution < -0.4 is 5.32 Å². The zero-order chi connectivity index (χ0) is 18.9. The van der Waals surface area contributed by atoms with Crippen molar-refractivity contribution in [3.63, 3.8) is 0 Å². The third kappa shape index (κ3) is 3.95. The van der Waals surface area contributed by atoms with Crippen molar-refractivity contribution in [2.75, 3.05) is 6.54 Å². The number of fused-ring (bicyclic) bond motifs is 1. The quantitative estimate of drug-likeness (QED) is 0.617. The van der Waals surface area contributed by atoms with E-state index >= 15 is 0 Å². The molecule has 1 saturated carbocycles. The highest BCUT2D eigenvalue weighted by atomic mass is 32.1. The Hall–Kier alpha value is -2.23. The summed E-state index contributed by atoms with van der Waals surface area (Å²) in [6, 6.07) is 1.21. The summed E-state index contributed by atoms with van der Waals surface area (Å²) in [5.74, 6) is -0.132. The maximum absolute atomic E-state index is 12.9. The van der Waals surface area contributed by atoms with Gasteiger partial charge in [0.25, 0.3) is 11.6 Å². The maximum atomic E-state index is 12.9. The topological polar surface area (TPSA) is 85.1 Å². The van der Waals surface area contributed by atoms with Gasteiger partial charge < -0.3 is 5.32 Å². The lowest BCUT2D eigenvalue weighted by Gasteiger charge is -2.21. The Balaban J connectivity index is 1.86. The number of hydrogen-bond acceptors (Lipinski definition) is 5. The summed E-state index contributed by atoms with van der Waals surface area (Å²) >= 11 is 0.734. The number of rotatable bonds is 4. The molecule has 3 rings (SSSR count). The van der Waals surface area contributed by atoms with Gasteiger partial charge >= 0.3 is 6.18 Å². The van der Waals surface area contributed by atoms with E-state index in [0.717, 1.165) is 43.1 Å². The fourth-order valence-electron chi connectivity index (χ4n) is 3.12. The van der Waals surface area contributed by atoms with Crippen LogP contribution in [0, 0.1) is 16.0 Å². The molecule has 26 heavy (non-hydrogen) atoms. The van der Waals surface area contributed by atoms with Crippen molar-refractivity contribution >= 4 is 33.1 Å². The molecule has 1 N–H and O–H groups in total. The predicted molar refractivity (Wildman–Crippen MR) is 90.2 cm³/mol. The van der Waals surface area contributed by atoms with Gasteiger partial charge in [-0.15, -0.1) is 11.3 Å². The summed E-state index contributed by atoms with van der Waals surface area (Å²) in [7, 11) is 0. The lowest BCUT2D eigenvalue weighted by molar-refractivity contribution is -0.383. The van der Waals surface area contributed by atoms with Crippen LogP contribution in [0.1, 0.15) is 47.5 Å². The highest BCUT2D eigenvalue weighted by Crippen LogP contribution is 2.38. The molecule has 1 amide bonds. The van der Waals surface area contributed by atoms with Crippen molar-refractivity contribution < 1.29 is 22.9 Å². The van der Waals surface area contributed by atoms with Crippen LogP contribution in [-0.4, -0.2) is 22.4 Å². The number of aromatic nitrogens is 1. The predicted octanol–water partition coefficient (Wildman–Crippen LogP) is 4.53. The summed E-state index contributed by atoms with van der Waals surface area (Å²) in [6.45, 7) is 0.477. The van der Waals surface area contributed by atoms with Crippen LogP contribution in [0.4, 0.5) is 18.9 Å². The minimum atomic E-state index is -4.73. The summed E-state index contributed by atoms with van der Waals surface area (Å²) in [4.78, 5) is 26.4. The van der Waals surface area contributed by atoms with Crippen LogP contribution in [0.25, 0.3) is 10.2 Å². The first-order valence-corrected chi connectivity index (χ1v) is 9.01. The average Bonchev–Trinajstić information content (AvgIpc) is 3.03. The first-order chi connectivity index (χ1) is 12.3. The molecule has 1 aromatic carbocycles. The van der Waals surface area contributed by atoms with Gasteiger partial charge in [0, 0.05) is 12.6 Å². The molecule has 0 saturated heterocycles. The number of alkyl halides is 3. The van der Waals surface area contributed by atoms with Crippen molar-refractivity contribution in [2.45, 2.75) is 38.3 Å². The normalized spacial score (nSPS) is 16.0. The molecule has 2 aromatic rings. The van der Waals surface area contributed by atoms with E-state index in [1.54, 1.807) is 0 Å². The number of nitro groups is 1. The zero-order valence-corrected chi connectivity index (χ0v) is 14.5. The molecule has 0 unspecified atom stereocenters. The second-order valence-electron chi connectivity index (χ2n) is 6.33. The van der Waals surface area contributed by atoms with E-state index in [4.69, 9.17) is 0 Å². The molecule has 0 spiro atoms. The van der Waals surface area contributed by atoms with Crippen LogP contribution in [0.5, 0.6) is 0 Å². The number of thiazole rings is 1. The Labute approximate surface area is 150 Å². The average molecular weight is 387 g/mol. The highest BCUT2D eigenvalue weighted by molar-refractivity contribution is 7.20. The molecule has 140 valence electrons. The van der Waals surface area contributed by atoms with Gasteiger partial charge in [0.05, 0.1) is 16.0 Å². The molecule has 1 aromatic heterocycles. The number of carbonyl (C=O) groups excluding carboxylic acids is 1. The molecule has 10 heteroatoms. The number of non-ortho nitro benzene ring substituents is 1. The Morgan fingerprint density at radius 1 is 1.31 bits per heavy atom. The molecular formula is C16H16F3N3O3S. The highest BCUT2D eigenvalue weighted by Gasteiger charge is 2.34. The van der Waals surface area contributed by atoms with E-state index in [2.05, 4.69) is 10.3 Å². The van der Waals surface area contributed by atoms with Crippen molar-refractivity contribution in [3.05, 3.63) is 32.8 Å². The first-order valence-electron chi connectivity index (χ1n) is 8.20. The molecule has 1 heterocycles. The smallest absolute Gasteiger partial charge is 0.350 e. The van der Waals surface area contributed by atoms with Crippen LogP contribution in [0.15, 0.2) is 12.1 Å². The number of hydrogen-bond donors (Lipinski definition) is 1. The Kier molecular flexibility index (Phi) is 5.12. The van der Waals surface area contributed by atoms with Gasteiger partial charge in [0.1, 0.15) is 4.70 Å². The van der Waals surface area contributed by atoms with Gasteiger partial charge in [-0.2, -0.15) is 13.2 Å². The molecule has 0 atom stereocenters. The molecule has 1 fully saturated rings. The molecule has 0 radical (unpaired) electrons. The SMILES string of the molecule is O=C(NCC1CCCCC1)c1nc2cc(C(F)(F)F)cc([N+](=O)[O-])c2s1. The maximum Gasteiger partial charge on any atom is 0.416 e. The molecular weight excluding hydrogens is 371 g/mol. The number of nitrogens with zero attached hydrogens (tertiary/aromatic N) is 2. The van der Waals surface area contributed by atoms with Crippen molar-refractivity contribution in [1.82, 2.24) is 10.3 Å². The fraction of sp³-hybridized carbons (Fsp3) is 0.500. The summed E-state index contributed by atoms with van der Waals surface area (Å²) in [5, 5.41) is 13.8. The van der Waals surface area contributed by atoms with Crippen molar-refractivity contribution in [2.24, 2.45) is 5.92 Å². The summed E-state index contributed by atoms with van der Waals surface area (Å²) in [6.07, 6.45) is 0.753. The van der Waals surface area contributed by atoms with Crippen molar-refractivity contribution in [3.8, 4) is 0 Å². The minimum absolute atomic E-state index is 0.0363. The molecule has 1 aliphatic rings. The van der Waals surface area contributed by atoms with Gasteiger partial charge in [-0.1, -0.05) is 19.3 Å². The number of nitro benzene ring substituents is 1. The molecule has 1 aliphatic carbocycles. The second-order valence-corrected chi connectivity index (χ2v) is 7.33. The van der Waals surface area contributed by atoms with Gasteiger partial charge in [-0.05, 0) is 24.8 Å². The van der Waals surface area contributed by atoms with Crippen LogP contribution >= 0.6 is 11.3 Å². The van der Waals surface area contributed by atoms with E-state index in [1.807, 2.05) is 0 Å². The number of benzene rings is 1. The van der Waals surface area contributed by atoms with E-state index in [0.29, 0.717) is 18.5 Å². The summed E-state index contributed by atoms with van der Waals surface area (Å²) in [5.41, 5.74) is -2.05. The number of carbonyl (C=O) groups is 1. The van der Waals surface area contributed by atoms with E-state index in [9.17, 15) is 28.1 Å². The molecule has 6 nitrogen and oxygen atoms in total. The van der Waals surface area contributed by atoms with Crippen molar-refractivity contribution in [1.29, 1.82) is 0 Å². The van der Waals surface area contributed by atoms with Gasteiger partial charge in [-0.3, -0.25) is 14.9 Å². The second kappa shape index (κ2) is 7.18. The molecule has 0 aliphatic heterocycles. The number of amides is 1. The summed E-state index contributed by atoms with van der Waals surface area (Å²) < 4.78 is 38.7. The largest absolute Gasteiger partial charge is 0.416 e. The Morgan fingerprint density at radius 3 is 2.62 bits per heavy atom. The van der Waals surface area contributed by atoms with E-state index in [1.165, 1.54) is 6.42 Å². The first kappa shape index (κ1) is 18.6. The van der Waals surface area contributed by atoms with Crippen LogP contribution in [0.2, 0.25) is 0 Å². The Morgan fingerprint density at radius 2 is 2.00 bits per heavy atom. The van der Waals surface area contributed by atoms with Crippen LogP contribution in [-0.2, 0) is 6.18 Å². The lowest BCUT2D eigenvalue weighted by atomic mass is 9.89.